The normalized spacial score (nSPS) is 14.1. The van der Waals surface area contributed by atoms with E-state index < -0.39 is 0 Å². The highest BCUT2D eigenvalue weighted by molar-refractivity contribution is 6.15. The number of carbonyl (C=O) groups excluding carboxylic acids is 1. The van der Waals surface area contributed by atoms with E-state index in [1.165, 1.54) is 6.08 Å². The molecule has 0 bridgehead atoms. The molecule has 1 heterocycles. The number of hydrogen-bond acceptors (Lipinski definition) is 3. The van der Waals surface area contributed by atoms with Crippen LogP contribution >= 0.6 is 0 Å². The van der Waals surface area contributed by atoms with E-state index in [1.807, 2.05) is 0 Å². The van der Waals surface area contributed by atoms with Crippen molar-refractivity contribution in [3.05, 3.63) is 35.7 Å². The van der Waals surface area contributed by atoms with Crippen molar-refractivity contribution < 1.29 is 9.53 Å². The molecule has 12 heavy (non-hydrogen) atoms. The van der Waals surface area contributed by atoms with Gasteiger partial charge in [0, 0.05) is 24.0 Å². The van der Waals surface area contributed by atoms with Gasteiger partial charge < -0.3 is 4.74 Å². The molecule has 1 aromatic rings. The first-order valence-electron chi connectivity index (χ1n) is 3.57. The molecule has 0 aliphatic heterocycles. The Bertz CT molecular complexity index is 369. The number of carbonyl (C=O) groups is 1. The van der Waals surface area contributed by atoms with Gasteiger partial charge in [0.05, 0.1) is 12.7 Å². The second-order valence-corrected chi connectivity index (χ2v) is 2.50. The zero-order valence-electron chi connectivity index (χ0n) is 6.57. The molecule has 0 N–H and O–H groups in total. The highest BCUT2D eigenvalue weighted by atomic mass is 16.5. The molecule has 60 valence electrons. The fraction of sp³-hybridized carbons (Fsp3) is 0.111. The molecule has 1 aromatic heterocycles. The lowest BCUT2D eigenvalue weighted by Gasteiger charge is -2.00. The minimum Gasteiger partial charge on any atom is -0.496 e. The molecule has 0 saturated carbocycles. The summed E-state index contributed by atoms with van der Waals surface area (Å²) < 4.78 is 5.02. The monoisotopic (exact) mass is 161 g/mol. The molecule has 0 amide bonds. The molecule has 0 unspecified atom stereocenters. The Balaban J connectivity index is 2.60. The Morgan fingerprint density at radius 2 is 2.25 bits per heavy atom. The first-order chi connectivity index (χ1) is 5.83. The van der Waals surface area contributed by atoms with Gasteiger partial charge in [0.15, 0.2) is 5.78 Å². The van der Waals surface area contributed by atoms with Crippen LogP contribution in [0.1, 0.15) is 15.9 Å². The van der Waals surface area contributed by atoms with Crippen molar-refractivity contribution in [3.63, 3.8) is 0 Å². The summed E-state index contributed by atoms with van der Waals surface area (Å²) in [6.07, 6.45) is 4.68. The number of ether oxygens (including phenoxy) is 1. The summed E-state index contributed by atoms with van der Waals surface area (Å²) in [5.74, 6) is 0.590. The van der Waals surface area contributed by atoms with Crippen molar-refractivity contribution in [2.45, 2.75) is 0 Å². The lowest BCUT2D eigenvalue weighted by molar-refractivity contribution is 0.104. The minimum absolute atomic E-state index is 0.0325. The molecule has 1 aliphatic rings. The third-order valence-electron chi connectivity index (χ3n) is 1.83. The van der Waals surface area contributed by atoms with Crippen LogP contribution < -0.4 is 0 Å². The van der Waals surface area contributed by atoms with Crippen LogP contribution in [0, 0.1) is 0 Å². The highest BCUT2D eigenvalue weighted by Crippen LogP contribution is 2.26. The largest absolute Gasteiger partial charge is 0.496 e. The fourth-order valence-corrected chi connectivity index (χ4v) is 1.25. The van der Waals surface area contributed by atoms with Crippen LogP contribution in [0.25, 0.3) is 5.76 Å². The van der Waals surface area contributed by atoms with Crippen molar-refractivity contribution in [1.29, 1.82) is 0 Å². The van der Waals surface area contributed by atoms with Gasteiger partial charge in [0.1, 0.15) is 5.76 Å². The molecule has 0 saturated heterocycles. The van der Waals surface area contributed by atoms with Crippen molar-refractivity contribution in [3.8, 4) is 0 Å². The van der Waals surface area contributed by atoms with Crippen LogP contribution in [0.5, 0.6) is 0 Å². The van der Waals surface area contributed by atoms with Gasteiger partial charge in [0.2, 0.25) is 0 Å². The lowest BCUT2D eigenvalue weighted by Crippen LogP contribution is -1.92. The number of methoxy groups -OCH3 is 1. The molecule has 2 rings (SSSR count). The van der Waals surface area contributed by atoms with Gasteiger partial charge in [0.25, 0.3) is 0 Å². The molecule has 3 nitrogen and oxygen atoms in total. The predicted molar refractivity (Wildman–Crippen MR) is 43.6 cm³/mol. The minimum atomic E-state index is -0.0325. The number of fused-ring (bicyclic) bond motifs is 1. The van der Waals surface area contributed by atoms with Gasteiger partial charge in [-0.1, -0.05) is 0 Å². The van der Waals surface area contributed by atoms with Gasteiger partial charge in [-0.2, -0.15) is 0 Å². The Morgan fingerprint density at radius 1 is 1.42 bits per heavy atom. The summed E-state index contributed by atoms with van der Waals surface area (Å²) in [4.78, 5) is 15.1. The van der Waals surface area contributed by atoms with Crippen LogP contribution in [0.2, 0.25) is 0 Å². The lowest BCUT2D eigenvalue weighted by atomic mass is 10.2. The summed E-state index contributed by atoms with van der Waals surface area (Å²) >= 11 is 0. The Hall–Kier alpha value is -1.64. The molecule has 0 aromatic carbocycles. The summed E-state index contributed by atoms with van der Waals surface area (Å²) in [7, 11) is 1.55. The van der Waals surface area contributed by atoms with Crippen molar-refractivity contribution in [1.82, 2.24) is 4.98 Å². The number of hydrogen-bond donors (Lipinski definition) is 0. The standard InChI is InChI=1S/C9H7NO2/c1-12-9-4-8(11)7-5-10-3-2-6(7)9/h2-5H,1H3. The Kier molecular flexibility index (Phi) is 1.43. The zero-order valence-corrected chi connectivity index (χ0v) is 6.57. The number of rotatable bonds is 1. The van der Waals surface area contributed by atoms with Crippen molar-refractivity contribution >= 4 is 11.5 Å². The van der Waals surface area contributed by atoms with Gasteiger partial charge in [-0.15, -0.1) is 0 Å². The molecule has 0 atom stereocenters. The molecular weight excluding hydrogens is 154 g/mol. The van der Waals surface area contributed by atoms with E-state index in [0.717, 1.165) is 5.56 Å². The van der Waals surface area contributed by atoms with Gasteiger partial charge in [-0.25, -0.2) is 0 Å². The van der Waals surface area contributed by atoms with Crippen LogP contribution in [-0.2, 0) is 4.74 Å². The maximum Gasteiger partial charge on any atom is 0.191 e. The molecule has 0 radical (unpaired) electrons. The summed E-state index contributed by atoms with van der Waals surface area (Å²) in [5.41, 5.74) is 1.45. The summed E-state index contributed by atoms with van der Waals surface area (Å²) in [6.45, 7) is 0. The topological polar surface area (TPSA) is 39.2 Å². The van der Waals surface area contributed by atoms with E-state index in [4.69, 9.17) is 4.74 Å². The maximum atomic E-state index is 11.2. The Morgan fingerprint density at radius 3 is 3.00 bits per heavy atom. The van der Waals surface area contributed by atoms with Gasteiger partial charge in [-0.05, 0) is 6.07 Å². The zero-order chi connectivity index (χ0) is 8.55. The molecule has 3 heteroatoms. The number of pyridine rings is 1. The average molecular weight is 161 g/mol. The highest BCUT2D eigenvalue weighted by Gasteiger charge is 2.21. The second-order valence-electron chi connectivity index (χ2n) is 2.50. The first kappa shape index (κ1) is 7.03. The maximum absolute atomic E-state index is 11.2. The SMILES string of the molecule is COC1=CC(=O)c2cnccc21. The smallest absolute Gasteiger partial charge is 0.191 e. The van der Waals surface area contributed by atoms with Crippen LogP contribution in [-0.4, -0.2) is 17.9 Å². The summed E-state index contributed by atoms with van der Waals surface area (Å²) in [5, 5.41) is 0. The summed E-state index contributed by atoms with van der Waals surface area (Å²) in [6, 6.07) is 1.77. The molecule has 1 aliphatic carbocycles. The van der Waals surface area contributed by atoms with Crippen LogP contribution in [0.4, 0.5) is 0 Å². The van der Waals surface area contributed by atoms with Crippen LogP contribution in [0.15, 0.2) is 24.5 Å². The quantitative estimate of drug-likeness (QED) is 0.622. The van der Waals surface area contributed by atoms with E-state index in [1.54, 1.807) is 25.6 Å². The average Bonchev–Trinajstić information content (AvgIpc) is 2.44. The fourth-order valence-electron chi connectivity index (χ4n) is 1.25. The van der Waals surface area contributed by atoms with E-state index >= 15 is 0 Å². The Labute approximate surface area is 69.7 Å². The second kappa shape index (κ2) is 2.44. The number of allylic oxidation sites excluding steroid dienone is 1. The molecule has 0 fully saturated rings. The first-order valence-corrected chi connectivity index (χ1v) is 3.57. The van der Waals surface area contributed by atoms with Gasteiger partial charge >= 0.3 is 0 Å². The van der Waals surface area contributed by atoms with Crippen molar-refractivity contribution in [2.75, 3.05) is 7.11 Å². The van der Waals surface area contributed by atoms with Gasteiger partial charge in [-0.3, -0.25) is 9.78 Å². The molecular formula is C9H7NO2. The number of aromatic nitrogens is 1. The van der Waals surface area contributed by atoms with E-state index in [0.29, 0.717) is 11.3 Å². The number of nitrogens with zero attached hydrogens (tertiary/aromatic N) is 1. The van der Waals surface area contributed by atoms with E-state index in [2.05, 4.69) is 4.98 Å². The third kappa shape index (κ3) is 0.830. The molecule has 0 spiro atoms. The van der Waals surface area contributed by atoms with E-state index in [9.17, 15) is 4.79 Å². The predicted octanol–water partition coefficient (Wildman–Crippen LogP) is 1.27. The number of ketones is 1. The third-order valence-corrected chi connectivity index (χ3v) is 1.83. The van der Waals surface area contributed by atoms with E-state index in [-0.39, 0.29) is 5.78 Å². The van der Waals surface area contributed by atoms with Crippen molar-refractivity contribution in [2.24, 2.45) is 0 Å². The van der Waals surface area contributed by atoms with Crippen LogP contribution in [0.3, 0.4) is 0 Å².